The first-order valence-corrected chi connectivity index (χ1v) is 7.40. The Morgan fingerprint density at radius 2 is 2.17 bits per heavy atom. The van der Waals surface area contributed by atoms with E-state index >= 15 is 0 Å². The molecule has 1 fully saturated rings. The second-order valence-corrected chi connectivity index (χ2v) is 6.56. The number of nitrogens with one attached hydrogen (secondary N) is 1. The van der Waals surface area contributed by atoms with Crippen molar-refractivity contribution in [2.45, 2.75) is 31.7 Å². The molecule has 0 unspecified atom stereocenters. The number of aryl methyl sites for hydroxylation is 1. The number of fused-ring (bicyclic) bond motifs is 1. The molecule has 96 valence electrons. The molecule has 1 aliphatic rings. The highest BCUT2D eigenvalue weighted by atomic mass is 35.5. The van der Waals surface area contributed by atoms with E-state index in [1.165, 1.54) is 24.2 Å². The second-order valence-electron chi connectivity index (χ2n) is 4.84. The predicted octanol–water partition coefficient (Wildman–Crippen LogP) is 3.57. The van der Waals surface area contributed by atoms with Gasteiger partial charge in [0.25, 0.3) is 5.91 Å². The van der Waals surface area contributed by atoms with Gasteiger partial charge in [0.15, 0.2) is 0 Å². The van der Waals surface area contributed by atoms with Crippen LogP contribution in [0.25, 0.3) is 10.2 Å². The molecule has 1 N–H and O–H groups in total. The van der Waals surface area contributed by atoms with E-state index in [2.05, 4.69) is 5.32 Å². The van der Waals surface area contributed by atoms with Crippen molar-refractivity contribution in [3.8, 4) is 0 Å². The van der Waals surface area contributed by atoms with Crippen LogP contribution in [0.2, 0.25) is 4.34 Å². The number of hydrogen-bond acceptors (Lipinski definition) is 2. The van der Waals surface area contributed by atoms with Gasteiger partial charge in [0, 0.05) is 13.1 Å². The summed E-state index contributed by atoms with van der Waals surface area (Å²) in [4.78, 5) is 12.2. The number of rotatable bonds is 2. The zero-order valence-electron chi connectivity index (χ0n) is 10.2. The molecule has 0 saturated heterocycles. The van der Waals surface area contributed by atoms with E-state index in [1.54, 1.807) is 0 Å². The Labute approximate surface area is 115 Å². The summed E-state index contributed by atoms with van der Waals surface area (Å²) < 4.78 is 3.75. The van der Waals surface area contributed by atoms with Crippen molar-refractivity contribution in [2.24, 2.45) is 7.05 Å². The molecule has 0 aliphatic heterocycles. The average Bonchev–Trinajstić information content (AvgIpc) is 2.98. The number of thiophene rings is 1. The van der Waals surface area contributed by atoms with Gasteiger partial charge in [-0.05, 0) is 25.0 Å². The Hall–Kier alpha value is -1.00. The molecule has 3 nitrogen and oxygen atoms in total. The summed E-state index contributed by atoms with van der Waals surface area (Å²) in [5, 5.41) is 3.11. The van der Waals surface area contributed by atoms with Crippen molar-refractivity contribution in [1.29, 1.82) is 0 Å². The predicted molar refractivity (Wildman–Crippen MR) is 75.5 cm³/mol. The highest BCUT2D eigenvalue weighted by Gasteiger charge is 2.20. The number of hydrogen-bond donors (Lipinski definition) is 1. The third kappa shape index (κ3) is 2.04. The number of carbonyl (C=O) groups excluding carboxylic acids is 1. The molecule has 2 heterocycles. The monoisotopic (exact) mass is 282 g/mol. The Morgan fingerprint density at radius 1 is 1.44 bits per heavy atom. The van der Waals surface area contributed by atoms with Crippen molar-refractivity contribution < 1.29 is 4.79 Å². The maximum atomic E-state index is 12.2. The summed E-state index contributed by atoms with van der Waals surface area (Å²) >= 11 is 7.48. The Balaban J connectivity index is 1.86. The molecule has 3 rings (SSSR count). The minimum absolute atomic E-state index is 0.0314. The molecule has 0 aromatic carbocycles. The van der Waals surface area contributed by atoms with Gasteiger partial charge in [-0.1, -0.05) is 24.4 Å². The fraction of sp³-hybridized carbons (Fsp3) is 0.462. The van der Waals surface area contributed by atoms with Crippen LogP contribution in [0, 0.1) is 0 Å². The minimum Gasteiger partial charge on any atom is -0.348 e. The van der Waals surface area contributed by atoms with Crippen LogP contribution >= 0.6 is 22.9 Å². The van der Waals surface area contributed by atoms with E-state index in [-0.39, 0.29) is 5.91 Å². The summed E-state index contributed by atoms with van der Waals surface area (Å²) in [7, 11) is 1.91. The first-order valence-electron chi connectivity index (χ1n) is 6.21. The Bertz CT molecular complexity index is 595. The molecule has 1 amide bonds. The molecule has 5 heteroatoms. The van der Waals surface area contributed by atoms with Gasteiger partial charge in [0.2, 0.25) is 0 Å². The third-order valence-corrected chi connectivity index (χ3v) is 4.82. The van der Waals surface area contributed by atoms with Gasteiger partial charge in [0.1, 0.15) is 5.69 Å². The van der Waals surface area contributed by atoms with Crippen molar-refractivity contribution in [1.82, 2.24) is 9.88 Å². The summed E-state index contributed by atoms with van der Waals surface area (Å²) in [5.74, 6) is 0.0314. The number of nitrogens with zero attached hydrogens (tertiary/aromatic N) is 1. The van der Waals surface area contributed by atoms with Gasteiger partial charge in [-0.3, -0.25) is 4.79 Å². The summed E-state index contributed by atoms with van der Waals surface area (Å²) in [6.07, 6.45) is 4.66. The topological polar surface area (TPSA) is 34.0 Å². The van der Waals surface area contributed by atoms with Gasteiger partial charge >= 0.3 is 0 Å². The standard InChI is InChI=1S/C13H15ClN2OS/c1-16-9-7-12(14)18-11(9)6-10(16)13(17)15-8-4-2-3-5-8/h6-8H,2-5H2,1H3,(H,15,17). The van der Waals surface area contributed by atoms with E-state index in [9.17, 15) is 4.79 Å². The SMILES string of the molecule is Cn1c(C(=O)NC2CCCC2)cc2sc(Cl)cc21. The molecule has 0 atom stereocenters. The van der Waals surface area contributed by atoms with Crippen LogP contribution in [0.5, 0.6) is 0 Å². The van der Waals surface area contributed by atoms with Crippen molar-refractivity contribution >= 4 is 39.1 Å². The Morgan fingerprint density at radius 3 is 2.83 bits per heavy atom. The zero-order valence-corrected chi connectivity index (χ0v) is 11.8. The molecule has 2 aromatic rings. The summed E-state index contributed by atoms with van der Waals surface area (Å²) in [6, 6.07) is 4.19. The van der Waals surface area contributed by atoms with Gasteiger partial charge in [-0.2, -0.15) is 0 Å². The quantitative estimate of drug-likeness (QED) is 0.898. The van der Waals surface area contributed by atoms with E-state index < -0.39 is 0 Å². The van der Waals surface area contributed by atoms with Crippen LogP contribution in [0.4, 0.5) is 0 Å². The molecule has 0 spiro atoms. The largest absolute Gasteiger partial charge is 0.348 e. The number of aromatic nitrogens is 1. The maximum absolute atomic E-state index is 12.2. The van der Waals surface area contributed by atoms with Crippen LogP contribution in [-0.4, -0.2) is 16.5 Å². The lowest BCUT2D eigenvalue weighted by Gasteiger charge is -2.12. The van der Waals surface area contributed by atoms with Crippen LogP contribution in [-0.2, 0) is 7.05 Å². The molecule has 1 saturated carbocycles. The molecule has 18 heavy (non-hydrogen) atoms. The fourth-order valence-electron chi connectivity index (χ4n) is 2.63. The molecule has 1 aliphatic carbocycles. The lowest BCUT2D eigenvalue weighted by atomic mass is 10.2. The number of carbonyl (C=O) groups is 1. The molecular formula is C13H15ClN2OS. The maximum Gasteiger partial charge on any atom is 0.268 e. The first kappa shape index (κ1) is 12.1. The van der Waals surface area contributed by atoms with Crippen molar-refractivity contribution in [2.75, 3.05) is 0 Å². The average molecular weight is 283 g/mol. The smallest absolute Gasteiger partial charge is 0.268 e. The summed E-state index contributed by atoms with van der Waals surface area (Å²) in [6.45, 7) is 0. The number of amides is 1. The lowest BCUT2D eigenvalue weighted by Crippen LogP contribution is -2.33. The molecular weight excluding hydrogens is 268 g/mol. The highest BCUT2D eigenvalue weighted by molar-refractivity contribution is 7.22. The Kier molecular flexibility index (Phi) is 3.08. The minimum atomic E-state index is 0.0314. The van der Waals surface area contributed by atoms with Crippen molar-refractivity contribution in [3.63, 3.8) is 0 Å². The van der Waals surface area contributed by atoms with E-state index in [1.807, 2.05) is 23.7 Å². The first-order chi connectivity index (χ1) is 8.65. The van der Waals surface area contributed by atoms with Gasteiger partial charge in [0.05, 0.1) is 14.6 Å². The van der Waals surface area contributed by atoms with E-state index in [0.717, 1.165) is 33.1 Å². The van der Waals surface area contributed by atoms with Gasteiger partial charge in [-0.15, -0.1) is 11.3 Å². The second kappa shape index (κ2) is 4.59. The third-order valence-electron chi connectivity index (χ3n) is 3.62. The summed E-state index contributed by atoms with van der Waals surface area (Å²) in [5.41, 5.74) is 1.75. The van der Waals surface area contributed by atoms with Gasteiger partial charge in [-0.25, -0.2) is 0 Å². The zero-order chi connectivity index (χ0) is 12.7. The number of halogens is 1. The van der Waals surface area contributed by atoms with Crippen LogP contribution in [0.3, 0.4) is 0 Å². The molecule has 0 radical (unpaired) electrons. The molecule has 0 bridgehead atoms. The van der Waals surface area contributed by atoms with Crippen LogP contribution < -0.4 is 5.32 Å². The lowest BCUT2D eigenvalue weighted by molar-refractivity contribution is 0.0930. The van der Waals surface area contributed by atoms with Crippen LogP contribution in [0.1, 0.15) is 36.2 Å². The fourth-order valence-corrected chi connectivity index (χ4v) is 3.83. The highest BCUT2D eigenvalue weighted by Crippen LogP contribution is 2.31. The molecule has 2 aromatic heterocycles. The van der Waals surface area contributed by atoms with Crippen molar-refractivity contribution in [3.05, 3.63) is 22.2 Å². The van der Waals surface area contributed by atoms with Gasteiger partial charge < -0.3 is 9.88 Å². The van der Waals surface area contributed by atoms with E-state index in [0.29, 0.717) is 6.04 Å². The normalized spacial score (nSPS) is 16.6. The van der Waals surface area contributed by atoms with Crippen LogP contribution in [0.15, 0.2) is 12.1 Å². The van der Waals surface area contributed by atoms with E-state index in [4.69, 9.17) is 11.6 Å².